The molecule has 3 nitrogen and oxygen atoms in total. The second-order valence-corrected chi connectivity index (χ2v) is 7.99. The maximum Gasteiger partial charge on any atom is 0.157 e. The molecule has 0 saturated heterocycles. The van der Waals surface area contributed by atoms with Gasteiger partial charge in [-0.3, -0.25) is 0 Å². The van der Waals surface area contributed by atoms with E-state index in [0.717, 1.165) is 30.5 Å². The predicted molar refractivity (Wildman–Crippen MR) is 100 cm³/mol. The molecule has 4 heteroatoms. The van der Waals surface area contributed by atoms with Crippen LogP contribution in [-0.4, -0.2) is 16.3 Å². The molecule has 0 radical (unpaired) electrons. The Labute approximate surface area is 150 Å². The second-order valence-electron chi connectivity index (χ2n) is 6.91. The molecule has 5 rings (SSSR count). The third-order valence-electron chi connectivity index (χ3n) is 5.44. The molecule has 0 fully saturated rings. The summed E-state index contributed by atoms with van der Waals surface area (Å²) in [5.74, 6) is 0.213. The average Bonchev–Trinajstić information content (AvgIpc) is 3.07. The van der Waals surface area contributed by atoms with Crippen LogP contribution >= 0.6 is 11.3 Å². The number of hydrogen-bond acceptors (Lipinski definition) is 4. The van der Waals surface area contributed by atoms with Gasteiger partial charge < -0.3 is 15.5 Å². The fourth-order valence-electron chi connectivity index (χ4n) is 4.21. The van der Waals surface area contributed by atoms with Crippen molar-refractivity contribution in [2.24, 2.45) is 0 Å². The van der Waals surface area contributed by atoms with Crippen LogP contribution in [0.25, 0.3) is 10.4 Å². The molecule has 1 aliphatic heterocycles. The SMILES string of the molecule is Oc1cc2c(cc1O)[C@@H]1c3sc(-c4ccccc4)cc3CN[C@H]1CC2. The topological polar surface area (TPSA) is 52.5 Å². The van der Waals surface area contributed by atoms with Gasteiger partial charge in [0.25, 0.3) is 0 Å². The standard InChI is InChI=1S/C21H19NO2S/c23-17-8-13-6-7-16-20(15(13)10-18(17)24)21-14(11-22-16)9-19(25-21)12-4-2-1-3-5-12/h1-5,8-10,16,20,22-24H,6-7,11H2/t16-,20-/m0/s1. The molecular weight excluding hydrogens is 330 g/mol. The largest absolute Gasteiger partial charge is 0.504 e. The maximum atomic E-state index is 10.0. The summed E-state index contributed by atoms with van der Waals surface area (Å²) in [6.07, 6.45) is 1.99. The summed E-state index contributed by atoms with van der Waals surface area (Å²) in [7, 11) is 0. The highest BCUT2D eigenvalue weighted by Crippen LogP contribution is 2.48. The van der Waals surface area contributed by atoms with E-state index in [-0.39, 0.29) is 17.4 Å². The summed E-state index contributed by atoms with van der Waals surface area (Å²) in [5.41, 5.74) is 4.91. The van der Waals surface area contributed by atoms with Gasteiger partial charge in [0.15, 0.2) is 11.5 Å². The van der Waals surface area contributed by atoms with Crippen LogP contribution in [0.3, 0.4) is 0 Å². The number of hydrogen-bond donors (Lipinski definition) is 3. The summed E-state index contributed by atoms with van der Waals surface area (Å²) < 4.78 is 0. The Morgan fingerprint density at radius 3 is 2.60 bits per heavy atom. The smallest absolute Gasteiger partial charge is 0.157 e. The number of aryl methyl sites for hydroxylation is 1. The van der Waals surface area contributed by atoms with E-state index in [1.54, 1.807) is 12.1 Å². The lowest BCUT2D eigenvalue weighted by molar-refractivity contribution is 0.383. The normalized spacial score (nSPS) is 21.3. The third-order valence-corrected chi connectivity index (χ3v) is 6.75. The molecule has 2 heterocycles. The first-order chi connectivity index (χ1) is 12.2. The maximum absolute atomic E-state index is 10.0. The van der Waals surface area contributed by atoms with E-state index in [2.05, 4.69) is 35.6 Å². The minimum atomic E-state index is -0.0219. The third kappa shape index (κ3) is 2.36. The number of thiophene rings is 1. The van der Waals surface area contributed by atoms with Crippen molar-refractivity contribution >= 4 is 11.3 Å². The zero-order valence-corrected chi connectivity index (χ0v) is 14.5. The molecule has 2 atom stereocenters. The first-order valence-corrected chi connectivity index (χ1v) is 9.48. The van der Waals surface area contributed by atoms with Crippen LogP contribution in [0.2, 0.25) is 0 Å². The summed E-state index contributed by atoms with van der Waals surface area (Å²) in [4.78, 5) is 2.69. The average molecular weight is 349 g/mol. The minimum absolute atomic E-state index is 0.0163. The molecule has 3 N–H and O–H groups in total. The zero-order chi connectivity index (χ0) is 17.0. The lowest BCUT2D eigenvalue weighted by Gasteiger charge is -2.38. The van der Waals surface area contributed by atoms with Gasteiger partial charge in [0, 0.05) is 28.3 Å². The lowest BCUT2D eigenvalue weighted by atomic mass is 9.75. The Morgan fingerprint density at radius 1 is 0.960 bits per heavy atom. The Hall–Kier alpha value is -2.30. The molecule has 0 amide bonds. The molecule has 1 aliphatic carbocycles. The zero-order valence-electron chi connectivity index (χ0n) is 13.7. The van der Waals surface area contributed by atoms with E-state index in [1.165, 1.54) is 20.9 Å². The van der Waals surface area contributed by atoms with Crippen LogP contribution in [0.4, 0.5) is 0 Å². The van der Waals surface area contributed by atoms with Crippen LogP contribution in [0.1, 0.15) is 33.9 Å². The van der Waals surface area contributed by atoms with Crippen LogP contribution in [-0.2, 0) is 13.0 Å². The quantitative estimate of drug-likeness (QED) is 0.572. The van der Waals surface area contributed by atoms with Crippen molar-refractivity contribution in [3.8, 4) is 21.9 Å². The molecule has 1 aromatic heterocycles. The Morgan fingerprint density at radius 2 is 1.76 bits per heavy atom. The molecule has 0 spiro atoms. The Bertz CT molecular complexity index is 948. The van der Waals surface area contributed by atoms with E-state index in [9.17, 15) is 10.2 Å². The number of nitrogens with one attached hydrogen (secondary N) is 1. The highest BCUT2D eigenvalue weighted by molar-refractivity contribution is 7.15. The summed E-state index contributed by atoms with van der Waals surface area (Å²) in [6.45, 7) is 0.902. The number of benzene rings is 2. The first-order valence-electron chi connectivity index (χ1n) is 8.67. The van der Waals surface area contributed by atoms with Crippen molar-refractivity contribution in [1.29, 1.82) is 0 Å². The van der Waals surface area contributed by atoms with Gasteiger partial charge in [0.1, 0.15) is 0 Å². The van der Waals surface area contributed by atoms with Crippen molar-refractivity contribution in [2.45, 2.75) is 31.3 Å². The van der Waals surface area contributed by atoms with Crippen molar-refractivity contribution in [3.05, 3.63) is 70.1 Å². The van der Waals surface area contributed by atoms with Gasteiger partial charge >= 0.3 is 0 Å². The fourth-order valence-corrected chi connectivity index (χ4v) is 5.58. The summed E-state index contributed by atoms with van der Waals surface area (Å²) >= 11 is 1.86. The first kappa shape index (κ1) is 15.0. The van der Waals surface area contributed by atoms with Crippen LogP contribution in [0.5, 0.6) is 11.5 Å². The summed E-state index contributed by atoms with van der Waals surface area (Å²) in [6, 6.07) is 16.7. The number of fused-ring (bicyclic) bond motifs is 5. The van der Waals surface area contributed by atoms with Gasteiger partial charge in [-0.2, -0.15) is 0 Å². The van der Waals surface area contributed by atoms with Gasteiger partial charge in [-0.1, -0.05) is 30.3 Å². The summed E-state index contributed by atoms with van der Waals surface area (Å²) in [5, 5.41) is 23.6. The van der Waals surface area contributed by atoms with Gasteiger partial charge in [0.2, 0.25) is 0 Å². The number of phenols is 2. The molecule has 126 valence electrons. The van der Waals surface area contributed by atoms with Crippen LogP contribution in [0, 0.1) is 0 Å². The predicted octanol–water partition coefficient (Wildman–Crippen LogP) is 4.38. The molecule has 0 unspecified atom stereocenters. The second kappa shape index (κ2) is 5.61. The van der Waals surface area contributed by atoms with Crippen molar-refractivity contribution in [2.75, 3.05) is 0 Å². The van der Waals surface area contributed by atoms with Gasteiger partial charge in [-0.05, 0) is 53.3 Å². The Balaban J connectivity index is 1.65. The van der Waals surface area contributed by atoms with Crippen molar-refractivity contribution < 1.29 is 10.2 Å². The molecule has 0 bridgehead atoms. The van der Waals surface area contributed by atoms with Gasteiger partial charge in [-0.25, -0.2) is 0 Å². The highest BCUT2D eigenvalue weighted by atomic mass is 32.1. The van der Waals surface area contributed by atoms with Crippen LogP contribution in [0.15, 0.2) is 48.5 Å². The molecule has 3 aromatic rings. The monoisotopic (exact) mass is 349 g/mol. The highest BCUT2D eigenvalue weighted by Gasteiger charge is 2.37. The number of rotatable bonds is 1. The van der Waals surface area contributed by atoms with Gasteiger partial charge in [-0.15, -0.1) is 11.3 Å². The lowest BCUT2D eigenvalue weighted by Crippen LogP contribution is -2.41. The molecular formula is C21H19NO2S. The molecule has 0 saturated carbocycles. The van der Waals surface area contributed by atoms with E-state index in [1.807, 2.05) is 17.4 Å². The molecule has 2 aromatic carbocycles. The van der Waals surface area contributed by atoms with E-state index >= 15 is 0 Å². The van der Waals surface area contributed by atoms with E-state index in [4.69, 9.17) is 0 Å². The minimum Gasteiger partial charge on any atom is -0.504 e. The van der Waals surface area contributed by atoms with Crippen molar-refractivity contribution in [1.82, 2.24) is 5.32 Å². The number of phenolic OH excluding ortho intramolecular Hbond substituents is 2. The van der Waals surface area contributed by atoms with Crippen LogP contribution < -0.4 is 5.32 Å². The number of aromatic hydroxyl groups is 2. The van der Waals surface area contributed by atoms with Gasteiger partial charge in [0.05, 0.1) is 0 Å². The molecule has 25 heavy (non-hydrogen) atoms. The van der Waals surface area contributed by atoms with Crippen molar-refractivity contribution in [3.63, 3.8) is 0 Å². The molecule has 2 aliphatic rings. The fraction of sp³-hybridized carbons (Fsp3) is 0.238. The van der Waals surface area contributed by atoms with E-state index in [0.29, 0.717) is 6.04 Å². The Kier molecular flexibility index (Phi) is 3.37. The van der Waals surface area contributed by atoms with E-state index < -0.39 is 0 Å².